The van der Waals surface area contributed by atoms with E-state index in [4.69, 9.17) is 4.98 Å². The van der Waals surface area contributed by atoms with Crippen molar-refractivity contribution in [2.75, 3.05) is 11.9 Å². The summed E-state index contributed by atoms with van der Waals surface area (Å²) in [5, 5.41) is 10.5. The topological polar surface area (TPSA) is 89.7 Å². The molecule has 8 nitrogen and oxygen atoms in total. The lowest BCUT2D eigenvalue weighted by Crippen LogP contribution is -2.36. The third kappa shape index (κ3) is 3.35. The van der Waals surface area contributed by atoms with Gasteiger partial charge in [0, 0.05) is 48.6 Å². The van der Waals surface area contributed by atoms with Crippen molar-refractivity contribution in [2.24, 2.45) is 0 Å². The van der Waals surface area contributed by atoms with Gasteiger partial charge in [-0.1, -0.05) is 6.92 Å². The van der Waals surface area contributed by atoms with Crippen molar-refractivity contribution in [1.29, 1.82) is 0 Å². The van der Waals surface area contributed by atoms with Crippen molar-refractivity contribution in [1.82, 2.24) is 29.6 Å². The van der Waals surface area contributed by atoms with Gasteiger partial charge in [0.1, 0.15) is 5.69 Å². The number of amides is 1. The summed E-state index contributed by atoms with van der Waals surface area (Å²) in [6.45, 7) is 5.54. The third-order valence-electron chi connectivity index (χ3n) is 5.59. The zero-order chi connectivity index (χ0) is 21.4. The van der Waals surface area contributed by atoms with Crippen LogP contribution in [0.15, 0.2) is 55.0 Å². The maximum absolute atomic E-state index is 12.5. The number of nitrogens with one attached hydrogen (secondary N) is 2. The van der Waals surface area contributed by atoms with Gasteiger partial charge in [0.25, 0.3) is 5.91 Å². The molecule has 0 aliphatic carbocycles. The van der Waals surface area contributed by atoms with E-state index < -0.39 is 0 Å². The zero-order valence-corrected chi connectivity index (χ0v) is 17.5. The van der Waals surface area contributed by atoms with E-state index in [9.17, 15) is 4.79 Å². The minimum absolute atomic E-state index is 0.0191. The molecule has 4 aromatic rings. The molecule has 1 aliphatic rings. The molecule has 1 aliphatic heterocycles. The van der Waals surface area contributed by atoms with Gasteiger partial charge < -0.3 is 15.2 Å². The number of hydrogen-bond acceptors (Lipinski definition) is 5. The van der Waals surface area contributed by atoms with Gasteiger partial charge in [-0.25, -0.2) is 14.6 Å². The summed E-state index contributed by atoms with van der Waals surface area (Å²) >= 11 is 0. The lowest BCUT2D eigenvalue weighted by atomic mass is 10.0. The molecule has 0 radical (unpaired) electrons. The summed E-state index contributed by atoms with van der Waals surface area (Å²) in [4.78, 5) is 21.6. The van der Waals surface area contributed by atoms with Crippen molar-refractivity contribution in [3.63, 3.8) is 0 Å². The molecular weight excluding hydrogens is 390 g/mol. The van der Waals surface area contributed by atoms with E-state index in [1.54, 1.807) is 17.1 Å². The second-order valence-electron chi connectivity index (χ2n) is 7.44. The van der Waals surface area contributed by atoms with Crippen molar-refractivity contribution in [3.05, 3.63) is 71.9 Å². The van der Waals surface area contributed by atoms with Gasteiger partial charge in [0.15, 0.2) is 0 Å². The first-order valence-corrected chi connectivity index (χ1v) is 10.4. The highest BCUT2D eigenvalue weighted by atomic mass is 16.2. The average Bonchev–Trinajstić information content (AvgIpc) is 3.41. The molecule has 8 heteroatoms. The number of aromatic nitrogens is 5. The number of fused-ring (bicyclic) bond motifs is 1. The molecule has 1 aromatic carbocycles. The summed E-state index contributed by atoms with van der Waals surface area (Å²) < 4.78 is 3.94. The van der Waals surface area contributed by atoms with E-state index in [1.807, 2.05) is 49.5 Å². The molecule has 31 heavy (non-hydrogen) atoms. The maximum Gasteiger partial charge on any atom is 0.268 e. The SMILES string of the molecule is CCc1c(-c2ccnc(Nc3ccc(-n4cccn4)cc3)n2)c(C)c2n1CCNC2=O. The Morgan fingerprint density at radius 3 is 2.74 bits per heavy atom. The Labute approximate surface area is 180 Å². The summed E-state index contributed by atoms with van der Waals surface area (Å²) in [5.41, 5.74) is 6.53. The summed E-state index contributed by atoms with van der Waals surface area (Å²) in [6.07, 6.45) is 6.23. The standard InChI is InChI=1S/C23H23N7O/c1-3-19-20(15(2)21-22(31)24-12-14-29(19)21)18-9-11-25-23(28-18)27-16-5-7-17(8-6-16)30-13-4-10-26-30/h4-11,13H,3,12,14H2,1-2H3,(H,24,31)(H,25,27,28). The molecule has 3 aromatic heterocycles. The molecule has 2 N–H and O–H groups in total. The quantitative estimate of drug-likeness (QED) is 0.523. The fourth-order valence-electron chi connectivity index (χ4n) is 4.23. The first-order valence-electron chi connectivity index (χ1n) is 10.4. The number of benzene rings is 1. The fraction of sp³-hybridized carbons (Fsp3) is 0.217. The number of rotatable bonds is 5. The third-order valence-corrected chi connectivity index (χ3v) is 5.59. The Balaban J connectivity index is 1.47. The normalized spacial score (nSPS) is 13.0. The van der Waals surface area contributed by atoms with Crippen LogP contribution in [0.25, 0.3) is 16.9 Å². The van der Waals surface area contributed by atoms with Crippen LogP contribution < -0.4 is 10.6 Å². The van der Waals surface area contributed by atoms with E-state index in [-0.39, 0.29) is 5.91 Å². The van der Waals surface area contributed by atoms with Gasteiger partial charge in [-0.15, -0.1) is 0 Å². The largest absolute Gasteiger partial charge is 0.349 e. The van der Waals surface area contributed by atoms with Gasteiger partial charge in [-0.2, -0.15) is 5.10 Å². The van der Waals surface area contributed by atoms with Crippen LogP contribution in [0, 0.1) is 6.92 Å². The maximum atomic E-state index is 12.5. The van der Waals surface area contributed by atoms with E-state index in [0.717, 1.165) is 52.5 Å². The number of carbonyl (C=O) groups is 1. The first kappa shape index (κ1) is 19.0. The minimum Gasteiger partial charge on any atom is -0.349 e. The van der Waals surface area contributed by atoms with E-state index in [0.29, 0.717) is 12.5 Å². The molecule has 4 heterocycles. The molecule has 0 spiro atoms. The van der Waals surface area contributed by atoms with Crippen molar-refractivity contribution < 1.29 is 4.79 Å². The molecule has 1 amide bonds. The Bertz CT molecular complexity index is 1240. The minimum atomic E-state index is -0.0191. The molecule has 0 unspecified atom stereocenters. The van der Waals surface area contributed by atoms with Crippen molar-refractivity contribution >= 4 is 17.5 Å². The summed E-state index contributed by atoms with van der Waals surface area (Å²) in [5.74, 6) is 0.494. The number of carbonyl (C=O) groups excluding carboxylic acids is 1. The Morgan fingerprint density at radius 1 is 1.16 bits per heavy atom. The number of hydrogen-bond donors (Lipinski definition) is 2. The lowest BCUT2D eigenvalue weighted by Gasteiger charge is -2.18. The Kier molecular flexibility index (Phi) is 4.74. The molecule has 0 saturated heterocycles. The molecule has 0 saturated carbocycles. The van der Waals surface area contributed by atoms with Crippen LogP contribution >= 0.6 is 0 Å². The van der Waals surface area contributed by atoms with Crippen LogP contribution in [0.5, 0.6) is 0 Å². The molecule has 0 bridgehead atoms. The molecular formula is C23H23N7O. The molecule has 0 atom stereocenters. The van der Waals surface area contributed by atoms with Crippen LogP contribution in [0.2, 0.25) is 0 Å². The second kappa shape index (κ2) is 7.71. The van der Waals surface area contributed by atoms with Crippen LogP contribution in [-0.4, -0.2) is 36.8 Å². The highest BCUT2D eigenvalue weighted by Crippen LogP contribution is 2.33. The Hall–Kier alpha value is -3.94. The number of nitrogens with zero attached hydrogens (tertiary/aromatic N) is 5. The van der Waals surface area contributed by atoms with Crippen LogP contribution in [-0.2, 0) is 13.0 Å². The highest BCUT2D eigenvalue weighted by Gasteiger charge is 2.27. The Morgan fingerprint density at radius 2 is 2.00 bits per heavy atom. The lowest BCUT2D eigenvalue weighted by molar-refractivity contribution is 0.0926. The predicted molar refractivity (Wildman–Crippen MR) is 119 cm³/mol. The number of anilines is 2. The molecule has 0 fully saturated rings. The van der Waals surface area contributed by atoms with Gasteiger partial charge >= 0.3 is 0 Å². The summed E-state index contributed by atoms with van der Waals surface area (Å²) in [6, 6.07) is 11.7. The van der Waals surface area contributed by atoms with Gasteiger partial charge in [0.2, 0.25) is 5.95 Å². The van der Waals surface area contributed by atoms with Crippen LogP contribution in [0.4, 0.5) is 11.6 Å². The predicted octanol–water partition coefficient (Wildman–Crippen LogP) is 3.49. The van der Waals surface area contributed by atoms with Crippen molar-refractivity contribution in [3.8, 4) is 16.9 Å². The van der Waals surface area contributed by atoms with Crippen LogP contribution in [0.3, 0.4) is 0 Å². The average molecular weight is 413 g/mol. The van der Waals surface area contributed by atoms with E-state index in [2.05, 4.69) is 32.2 Å². The summed E-state index contributed by atoms with van der Waals surface area (Å²) in [7, 11) is 0. The first-order chi connectivity index (χ1) is 15.2. The second-order valence-corrected chi connectivity index (χ2v) is 7.44. The van der Waals surface area contributed by atoms with E-state index >= 15 is 0 Å². The zero-order valence-electron chi connectivity index (χ0n) is 17.5. The van der Waals surface area contributed by atoms with Gasteiger partial charge in [-0.3, -0.25) is 4.79 Å². The van der Waals surface area contributed by atoms with Gasteiger partial charge in [0.05, 0.1) is 11.4 Å². The van der Waals surface area contributed by atoms with E-state index in [1.165, 1.54) is 0 Å². The van der Waals surface area contributed by atoms with Crippen molar-refractivity contribution in [2.45, 2.75) is 26.8 Å². The van der Waals surface area contributed by atoms with Gasteiger partial charge in [-0.05, 0) is 55.3 Å². The smallest absolute Gasteiger partial charge is 0.268 e. The van der Waals surface area contributed by atoms with Crippen LogP contribution in [0.1, 0.15) is 28.7 Å². The molecule has 5 rings (SSSR count). The molecule has 156 valence electrons. The highest BCUT2D eigenvalue weighted by molar-refractivity contribution is 5.97. The fourth-order valence-corrected chi connectivity index (χ4v) is 4.23. The monoisotopic (exact) mass is 413 g/mol.